The van der Waals surface area contributed by atoms with Gasteiger partial charge in [-0.25, -0.2) is 13.2 Å². The minimum atomic E-state index is -3.49. The average molecular weight is 306 g/mol. The van der Waals surface area contributed by atoms with Crippen molar-refractivity contribution < 1.29 is 18.0 Å². The minimum absolute atomic E-state index is 0.0603. The molecule has 0 radical (unpaired) electrons. The lowest BCUT2D eigenvalue weighted by Gasteiger charge is -2.38. The fourth-order valence-corrected chi connectivity index (χ4v) is 3.15. The second-order valence-corrected chi connectivity index (χ2v) is 6.50. The van der Waals surface area contributed by atoms with Crippen LogP contribution in [0.4, 0.5) is 4.79 Å². The molecule has 1 unspecified atom stereocenters. The van der Waals surface area contributed by atoms with Crippen LogP contribution in [0.15, 0.2) is 0 Å². The first-order valence-corrected chi connectivity index (χ1v) is 8.43. The van der Waals surface area contributed by atoms with Gasteiger partial charge in [-0.1, -0.05) is 0 Å². The summed E-state index contributed by atoms with van der Waals surface area (Å²) in [7, 11) is -3.49. The summed E-state index contributed by atoms with van der Waals surface area (Å²) >= 11 is 0. The number of nitrogens with zero attached hydrogens (tertiary/aromatic N) is 2. The molecule has 1 aliphatic rings. The van der Waals surface area contributed by atoms with Crippen LogP contribution in [0.3, 0.4) is 0 Å². The Bertz CT molecular complexity index is 465. The topological polar surface area (TPSA) is 98.8 Å². The molecule has 0 aromatic heterocycles. The third-order valence-corrected chi connectivity index (χ3v) is 4.32. The predicted octanol–water partition coefficient (Wildman–Crippen LogP) is -1.20. The van der Waals surface area contributed by atoms with Crippen molar-refractivity contribution in [3.8, 4) is 0 Å². The van der Waals surface area contributed by atoms with Gasteiger partial charge in [0.2, 0.25) is 15.9 Å². The van der Waals surface area contributed by atoms with Crippen LogP contribution >= 0.6 is 0 Å². The summed E-state index contributed by atoms with van der Waals surface area (Å²) in [5.74, 6) is -0.382. The van der Waals surface area contributed by atoms with Gasteiger partial charge in [-0.15, -0.1) is 0 Å². The number of hydrogen-bond donors (Lipinski definition) is 2. The van der Waals surface area contributed by atoms with Crippen LogP contribution in [0.25, 0.3) is 0 Å². The summed E-state index contributed by atoms with van der Waals surface area (Å²) in [5.41, 5.74) is 0. The Morgan fingerprint density at radius 1 is 1.15 bits per heavy atom. The highest BCUT2D eigenvalue weighted by molar-refractivity contribution is 7.88. The molecule has 0 bridgehead atoms. The van der Waals surface area contributed by atoms with Gasteiger partial charge in [0.25, 0.3) is 0 Å². The lowest BCUT2D eigenvalue weighted by Crippen LogP contribution is -2.62. The maximum atomic E-state index is 12.0. The van der Waals surface area contributed by atoms with Gasteiger partial charge in [-0.3, -0.25) is 4.79 Å². The summed E-state index contributed by atoms with van der Waals surface area (Å²) < 4.78 is 24.6. The number of nitrogens with one attached hydrogen (secondary N) is 2. The summed E-state index contributed by atoms with van der Waals surface area (Å²) in [4.78, 5) is 25.3. The molecule has 0 saturated carbocycles. The van der Waals surface area contributed by atoms with E-state index in [0.29, 0.717) is 13.1 Å². The van der Waals surface area contributed by atoms with E-state index >= 15 is 0 Å². The maximum absolute atomic E-state index is 12.0. The van der Waals surface area contributed by atoms with Crippen LogP contribution in [0.1, 0.15) is 13.8 Å². The van der Waals surface area contributed by atoms with Crippen LogP contribution in [-0.4, -0.2) is 74.6 Å². The molecule has 0 spiro atoms. The highest BCUT2D eigenvalue weighted by Crippen LogP contribution is 2.14. The van der Waals surface area contributed by atoms with Gasteiger partial charge in [-0.2, -0.15) is 4.31 Å². The molecule has 1 rings (SSSR count). The Hall–Kier alpha value is -1.35. The minimum Gasteiger partial charge on any atom is -0.355 e. The number of rotatable bonds is 4. The highest BCUT2D eigenvalue weighted by Gasteiger charge is 2.38. The number of urea groups is 1. The fourth-order valence-electron chi connectivity index (χ4n) is 2.12. The van der Waals surface area contributed by atoms with Crippen LogP contribution in [0.5, 0.6) is 0 Å². The predicted molar refractivity (Wildman–Crippen MR) is 74.7 cm³/mol. The number of sulfonamides is 1. The maximum Gasteiger partial charge on any atom is 0.317 e. The monoisotopic (exact) mass is 306 g/mol. The van der Waals surface area contributed by atoms with E-state index in [1.807, 2.05) is 0 Å². The quantitative estimate of drug-likeness (QED) is 0.681. The SMILES string of the molecule is CCNC(=O)C1CN(C(=O)NCC)CCN1S(C)(=O)=O. The molecule has 1 saturated heterocycles. The number of amides is 3. The largest absolute Gasteiger partial charge is 0.355 e. The number of likely N-dealkylation sites (N-methyl/N-ethyl adjacent to an activating group) is 1. The Kier molecular flexibility index (Phi) is 5.75. The molecule has 0 aromatic rings. The second-order valence-electron chi connectivity index (χ2n) is 4.57. The Balaban J connectivity index is 2.89. The van der Waals surface area contributed by atoms with E-state index < -0.39 is 16.1 Å². The van der Waals surface area contributed by atoms with Crippen molar-refractivity contribution in [2.24, 2.45) is 0 Å². The van der Waals surface area contributed by atoms with E-state index in [-0.39, 0.29) is 31.6 Å². The Morgan fingerprint density at radius 3 is 2.25 bits per heavy atom. The third-order valence-electron chi connectivity index (χ3n) is 3.03. The third kappa shape index (κ3) is 4.07. The number of piperazine rings is 1. The zero-order valence-corrected chi connectivity index (χ0v) is 12.9. The summed E-state index contributed by atoms with van der Waals surface area (Å²) in [6, 6.07) is -1.16. The van der Waals surface area contributed by atoms with Crippen LogP contribution in [-0.2, 0) is 14.8 Å². The van der Waals surface area contributed by atoms with E-state index in [0.717, 1.165) is 10.6 Å². The number of carbonyl (C=O) groups excluding carboxylic acids is 2. The van der Waals surface area contributed by atoms with Crippen molar-refractivity contribution in [2.45, 2.75) is 19.9 Å². The van der Waals surface area contributed by atoms with Gasteiger partial charge in [0.1, 0.15) is 6.04 Å². The first-order chi connectivity index (χ1) is 9.31. The van der Waals surface area contributed by atoms with Crippen molar-refractivity contribution >= 4 is 22.0 Å². The van der Waals surface area contributed by atoms with Gasteiger partial charge in [0.05, 0.1) is 6.26 Å². The molecular formula is C11H22N4O4S. The van der Waals surface area contributed by atoms with Gasteiger partial charge < -0.3 is 15.5 Å². The average Bonchev–Trinajstić information content (AvgIpc) is 2.37. The zero-order valence-electron chi connectivity index (χ0n) is 12.0. The van der Waals surface area contributed by atoms with E-state index in [2.05, 4.69) is 10.6 Å². The summed E-state index contributed by atoms with van der Waals surface area (Å²) in [6.45, 7) is 4.90. The number of carbonyl (C=O) groups is 2. The first-order valence-electron chi connectivity index (χ1n) is 6.58. The smallest absolute Gasteiger partial charge is 0.317 e. The standard InChI is InChI=1S/C11H22N4O4S/c1-4-12-10(16)9-8-14(11(17)13-5-2)6-7-15(9)20(3,18)19/h9H,4-8H2,1-3H3,(H,12,16)(H,13,17). The van der Waals surface area contributed by atoms with E-state index in [1.54, 1.807) is 13.8 Å². The molecule has 0 aromatic carbocycles. The van der Waals surface area contributed by atoms with Crippen LogP contribution in [0.2, 0.25) is 0 Å². The molecule has 8 nitrogen and oxygen atoms in total. The molecule has 3 amide bonds. The first kappa shape index (κ1) is 16.7. The molecule has 1 fully saturated rings. The fraction of sp³-hybridized carbons (Fsp3) is 0.818. The molecular weight excluding hydrogens is 284 g/mol. The molecule has 1 heterocycles. The molecule has 1 atom stereocenters. The van der Waals surface area contributed by atoms with Crippen molar-refractivity contribution in [1.82, 2.24) is 19.8 Å². The molecule has 9 heteroatoms. The van der Waals surface area contributed by atoms with Gasteiger partial charge in [0.15, 0.2) is 0 Å². The van der Waals surface area contributed by atoms with Gasteiger partial charge >= 0.3 is 6.03 Å². The lowest BCUT2D eigenvalue weighted by atomic mass is 10.2. The Labute approximate surface area is 119 Å². The van der Waals surface area contributed by atoms with Crippen molar-refractivity contribution in [3.05, 3.63) is 0 Å². The second kappa shape index (κ2) is 6.89. The lowest BCUT2D eigenvalue weighted by molar-refractivity contribution is -0.126. The highest BCUT2D eigenvalue weighted by atomic mass is 32.2. The zero-order chi connectivity index (χ0) is 15.3. The van der Waals surface area contributed by atoms with Gasteiger partial charge in [-0.05, 0) is 13.8 Å². The van der Waals surface area contributed by atoms with Crippen LogP contribution in [0, 0.1) is 0 Å². The van der Waals surface area contributed by atoms with Crippen LogP contribution < -0.4 is 10.6 Å². The summed E-state index contributed by atoms with van der Waals surface area (Å²) in [6.07, 6.45) is 1.07. The molecule has 20 heavy (non-hydrogen) atoms. The van der Waals surface area contributed by atoms with Crippen molar-refractivity contribution in [1.29, 1.82) is 0 Å². The summed E-state index contributed by atoms with van der Waals surface area (Å²) in [5, 5.41) is 5.25. The molecule has 116 valence electrons. The number of hydrogen-bond acceptors (Lipinski definition) is 4. The molecule has 2 N–H and O–H groups in total. The van der Waals surface area contributed by atoms with E-state index in [1.165, 1.54) is 4.90 Å². The van der Waals surface area contributed by atoms with E-state index in [4.69, 9.17) is 0 Å². The van der Waals surface area contributed by atoms with Crippen molar-refractivity contribution in [3.63, 3.8) is 0 Å². The molecule has 1 aliphatic heterocycles. The van der Waals surface area contributed by atoms with Crippen molar-refractivity contribution in [2.75, 3.05) is 39.0 Å². The Morgan fingerprint density at radius 2 is 1.75 bits per heavy atom. The normalized spacial score (nSPS) is 20.6. The van der Waals surface area contributed by atoms with E-state index in [9.17, 15) is 18.0 Å². The molecule has 0 aliphatic carbocycles. The van der Waals surface area contributed by atoms with Gasteiger partial charge in [0, 0.05) is 32.7 Å².